The highest BCUT2D eigenvalue weighted by Gasteiger charge is 2.59. The molecule has 4 aliphatic carbocycles. The molecular weight excluding hydrogens is 489 g/mol. The minimum Gasteiger partial charge on any atom is -0.0711 e. The molecule has 0 nitrogen and oxygen atoms in total. The third-order valence-electron chi connectivity index (χ3n) is 13.5. The molecule has 206 valence electrons. The Kier molecular flexibility index (Phi) is 7.62. The Balaban J connectivity index is 1.18. The number of benzene rings is 2. The van der Waals surface area contributed by atoms with Crippen LogP contribution in [0.3, 0.4) is 0 Å². The van der Waals surface area contributed by atoms with Crippen molar-refractivity contribution in [1.29, 1.82) is 0 Å². The zero-order valence-electron chi connectivity index (χ0n) is 25.0. The van der Waals surface area contributed by atoms with Crippen molar-refractivity contribution in [3.63, 3.8) is 0 Å². The van der Waals surface area contributed by atoms with Gasteiger partial charge >= 0.3 is 0 Å². The highest BCUT2D eigenvalue weighted by atomic mass is 29.3. The van der Waals surface area contributed by atoms with E-state index in [1.54, 1.807) is 36.8 Å². The summed E-state index contributed by atoms with van der Waals surface area (Å²) in [5, 5.41) is 0. The molecule has 9 atom stereocenters. The quantitative estimate of drug-likeness (QED) is 0.305. The second kappa shape index (κ2) is 10.7. The van der Waals surface area contributed by atoms with Crippen LogP contribution in [0.15, 0.2) is 60.7 Å². The standard InChI is InChI=1S/C36H54Si2/c1-26(28-13-8-6-9-14-28)23-27-19-20-31(24-27)37(2,3)38(4,5)35-22-21-33-34(35)25-30-17-12-18-32(30)36(33)29-15-10-7-11-16-29/h6-11,13-16,26-27,30-36H,12,17-25H2,1-5H3. The Morgan fingerprint density at radius 3 is 2.13 bits per heavy atom. The van der Waals surface area contributed by atoms with Crippen molar-refractivity contribution >= 4 is 15.2 Å². The molecule has 0 aliphatic heterocycles. The highest BCUT2D eigenvalue weighted by molar-refractivity contribution is 7.41. The molecule has 0 N–H and O–H groups in total. The molecule has 0 saturated heterocycles. The minimum atomic E-state index is -1.34. The lowest BCUT2D eigenvalue weighted by Gasteiger charge is -2.52. The van der Waals surface area contributed by atoms with Crippen molar-refractivity contribution in [2.45, 2.75) is 120 Å². The summed E-state index contributed by atoms with van der Waals surface area (Å²) in [5.74, 6) is 6.53. The van der Waals surface area contributed by atoms with Crippen LogP contribution >= 0.6 is 0 Å². The van der Waals surface area contributed by atoms with Crippen molar-refractivity contribution in [3.05, 3.63) is 71.8 Å². The first kappa shape index (κ1) is 27.1. The summed E-state index contributed by atoms with van der Waals surface area (Å²) in [5.41, 5.74) is 5.41. The van der Waals surface area contributed by atoms with E-state index >= 15 is 0 Å². The molecule has 4 aliphatic rings. The van der Waals surface area contributed by atoms with Gasteiger partial charge in [0.25, 0.3) is 0 Å². The molecule has 0 bridgehead atoms. The van der Waals surface area contributed by atoms with E-state index in [9.17, 15) is 0 Å². The maximum Gasteiger partial charge on any atom is 0.0448 e. The first-order valence-electron chi connectivity index (χ1n) is 16.4. The van der Waals surface area contributed by atoms with E-state index in [0.29, 0.717) is 5.92 Å². The molecule has 4 fully saturated rings. The molecule has 2 aromatic rings. The van der Waals surface area contributed by atoms with Crippen LogP contribution in [0.2, 0.25) is 37.3 Å². The summed E-state index contributed by atoms with van der Waals surface area (Å²) in [6.45, 7) is 14.1. The molecule has 2 aromatic carbocycles. The molecule has 0 spiro atoms. The Labute approximate surface area is 236 Å². The molecule has 0 heterocycles. The predicted molar refractivity (Wildman–Crippen MR) is 170 cm³/mol. The Morgan fingerprint density at radius 1 is 0.684 bits per heavy atom. The minimum absolute atomic E-state index is 0.710. The second-order valence-electron chi connectivity index (χ2n) is 15.4. The molecule has 0 radical (unpaired) electrons. The fourth-order valence-electron chi connectivity index (χ4n) is 10.8. The van der Waals surface area contributed by atoms with E-state index in [1.165, 1.54) is 38.5 Å². The average molecular weight is 543 g/mol. The monoisotopic (exact) mass is 542 g/mol. The van der Waals surface area contributed by atoms with Crippen molar-refractivity contribution in [1.82, 2.24) is 0 Å². The smallest absolute Gasteiger partial charge is 0.0448 e. The van der Waals surface area contributed by atoms with Crippen LogP contribution in [-0.2, 0) is 0 Å². The summed E-state index contributed by atoms with van der Waals surface area (Å²) in [7, 11) is -2.65. The predicted octanol–water partition coefficient (Wildman–Crippen LogP) is 10.8. The maximum absolute atomic E-state index is 2.91. The van der Waals surface area contributed by atoms with Crippen LogP contribution < -0.4 is 0 Å². The summed E-state index contributed by atoms with van der Waals surface area (Å²) in [6, 6.07) is 23.2. The van der Waals surface area contributed by atoms with E-state index in [1.807, 2.05) is 0 Å². The van der Waals surface area contributed by atoms with E-state index in [2.05, 4.69) is 93.8 Å². The van der Waals surface area contributed by atoms with Gasteiger partial charge in [-0.25, -0.2) is 0 Å². The van der Waals surface area contributed by atoms with Gasteiger partial charge in [0.15, 0.2) is 0 Å². The summed E-state index contributed by atoms with van der Waals surface area (Å²) < 4.78 is 0. The first-order valence-corrected chi connectivity index (χ1v) is 23.5. The molecule has 38 heavy (non-hydrogen) atoms. The lowest BCUT2D eigenvalue weighted by molar-refractivity contribution is 0.121. The third-order valence-corrected chi connectivity index (χ3v) is 34.2. The van der Waals surface area contributed by atoms with E-state index in [0.717, 1.165) is 46.6 Å². The van der Waals surface area contributed by atoms with Gasteiger partial charge in [0, 0.05) is 15.2 Å². The van der Waals surface area contributed by atoms with Crippen LogP contribution in [0.5, 0.6) is 0 Å². The maximum atomic E-state index is 2.91. The second-order valence-corrected chi connectivity index (χ2v) is 31.6. The zero-order valence-corrected chi connectivity index (χ0v) is 27.0. The van der Waals surface area contributed by atoms with Crippen molar-refractivity contribution in [2.75, 3.05) is 0 Å². The summed E-state index contributed by atoms with van der Waals surface area (Å²) in [4.78, 5) is 0. The van der Waals surface area contributed by atoms with Crippen LogP contribution in [0.1, 0.15) is 94.1 Å². The molecule has 0 aromatic heterocycles. The number of hydrogen-bond acceptors (Lipinski definition) is 0. The van der Waals surface area contributed by atoms with E-state index in [4.69, 9.17) is 0 Å². The van der Waals surface area contributed by atoms with Gasteiger partial charge in [0.1, 0.15) is 0 Å². The van der Waals surface area contributed by atoms with Gasteiger partial charge in [0.2, 0.25) is 0 Å². The fraction of sp³-hybridized carbons (Fsp3) is 0.667. The third kappa shape index (κ3) is 4.74. The van der Waals surface area contributed by atoms with Crippen LogP contribution in [0.4, 0.5) is 0 Å². The number of fused-ring (bicyclic) bond motifs is 2. The summed E-state index contributed by atoms with van der Waals surface area (Å²) in [6.07, 6.45) is 15.2. The number of rotatable bonds is 7. The topological polar surface area (TPSA) is 0 Å². The molecular formula is C36H54Si2. The van der Waals surface area contributed by atoms with E-state index in [-0.39, 0.29) is 0 Å². The Hall–Kier alpha value is -1.13. The van der Waals surface area contributed by atoms with E-state index < -0.39 is 15.2 Å². The highest BCUT2D eigenvalue weighted by Crippen LogP contribution is 2.65. The average Bonchev–Trinajstić information content (AvgIpc) is 3.68. The SMILES string of the molecule is CC(CC1CCC([Si](C)(C)[Si](C)(C)C2CCC3C2CC2CCCC2C3c2ccccc2)C1)c1ccccc1. The van der Waals surface area contributed by atoms with Crippen molar-refractivity contribution in [3.8, 4) is 0 Å². The first-order chi connectivity index (χ1) is 18.3. The number of hydrogen-bond donors (Lipinski definition) is 0. The molecule has 0 amide bonds. The fourth-order valence-corrected chi connectivity index (χ4v) is 24.9. The van der Waals surface area contributed by atoms with Crippen LogP contribution in [-0.4, -0.2) is 15.2 Å². The van der Waals surface area contributed by atoms with Gasteiger partial charge in [-0.15, -0.1) is 0 Å². The van der Waals surface area contributed by atoms with Gasteiger partial charge in [-0.3, -0.25) is 0 Å². The molecule has 4 saturated carbocycles. The molecule has 9 unspecified atom stereocenters. The van der Waals surface area contributed by atoms with Crippen LogP contribution in [0.25, 0.3) is 0 Å². The van der Waals surface area contributed by atoms with Gasteiger partial charge in [-0.05, 0) is 89.3 Å². The Morgan fingerprint density at radius 2 is 1.39 bits per heavy atom. The molecule has 6 rings (SSSR count). The lowest BCUT2D eigenvalue weighted by atomic mass is 9.62. The summed E-state index contributed by atoms with van der Waals surface area (Å²) >= 11 is 0. The Bertz CT molecular complexity index is 1060. The van der Waals surface area contributed by atoms with Gasteiger partial charge in [0.05, 0.1) is 0 Å². The zero-order chi connectivity index (χ0) is 26.5. The van der Waals surface area contributed by atoms with Crippen molar-refractivity contribution < 1.29 is 0 Å². The largest absolute Gasteiger partial charge is 0.0711 e. The van der Waals surface area contributed by atoms with Crippen molar-refractivity contribution in [2.24, 2.45) is 29.6 Å². The van der Waals surface area contributed by atoms with Gasteiger partial charge < -0.3 is 0 Å². The van der Waals surface area contributed by atoms with Gasteiger partial charge in [-0.1, -0.05) is 132 Å². The van der Waals surface area contributed by atoms with Gasteiger partial charge in [-0.2, -0.15) is 0 Å². The molecule has 2 heteroatoms. The lowest BCUT2D eigenvalue weighted by Crippen LogP contribution is -2.61. The van der Waals surface area contributed by atoms with Crippen LogP contribution in [0, 0.1) is 29.6 Å². The normalized spacial score (nSPS) is 36.1.